The maximum atomic E-state index is 11.8. The lowest BCUT2D eigenvalue weighted by Gasteiger charge is -2.15. The molecule has 0 aromatic heterocycles. The van der Waals surface area contributed by atoms with Gasteiger partial charge in [0.15, 0.2) is 0 Å². The van der Waals surface area contributed by atoms with Crippen LogP contribution in [0, 0.1) is 6.92 Å². The second kappa shape index (κ2) is 7.89. The maximum absolute atomic E-state index is 11.8. The van der Waals surface area contributed by atoms with Crippen LogP contribution >= 0.6 is 15.9 Å². The van der Waals surface area contributed by atoms with Crippen LogP contribution in [0.5, 0.6) is 0 Å². The van der Waals surface area contributed by atoms with Crippen LogP contribution in [0.1, 0.15) is 31.7 Å². The number of carbonyl (C=O) groups is 2. The van der Waals surface area contributed by atoms with Gasteiger partial charge in [0, 0.05) is 4.47 Å². The van der Waals surface area contributed by atoms with Crippen molar-refractivity contribution in [2.75, 3.05) is 5.32 Å². The first-order chi connectivity index (χ1) is 9.43. The summed E-state index contributed by atoms with van der Waals surface area (Å²) < 4.78 is 0.757. The highest BCUT2D eigenvalue weighted by atomic mass is 79.9. The summed E-state index contributed by atoms with van der Waals surface area (Å²) in [6.07, 6.45) is 2.07. The molecule has 1 atom stereocenters. The number of aliphatic carboxylic acids is 1. The van der Waals surface area contributed by atoms with E-state index in [0.717, 1.165) is 22.9 Å². The Morgan fingerprint density at radius 1 is 1.40 bits per heavy atom. The molecule has 0 aliphatic rings. The number of unbranched alkanes of at least 4 members (excludes halogenated alkanes) is 1. The molecule has 0 aliphatic heterocycles. The molecule has 1 aromatic rings. The quantitative estimate of drug-likeness (QED) is 0.739. The maximum Gasteiger partial charge on any atom is 0.326 e. The highest BCUT2D eigenvalue weighted by Gasteiger charge is 2.19. The van der Waals surface area contributed by atoms with Gasteiger partial charge in [-0.1, -0.05) is 25.8 Å². The number of nitrogens with one attached hydrogen (secondary N) is 2. The van der Waals surface area contributed by atoms with Gasteiger partial charge in [-0.2, -0.15) is 0 Å². The number of rotatable bonds is 6. The van der Waals surface area contributed by atoms with E-state index >= 15 is 0 Å². The molecule has 0 aliphatic carbocycles. The molecule has 6 heteroatoms. The Morgan fingerprint density at radius 2 is 2.10 bits per heavy atom. The van der Waals surface area contributed by atoms with Gasteiger partial charge in [0.2, 0.25) is 0 Å². The number of hydrogen-bond acceptors (Lipinski definition) is 2. The summed E-state index contributed by atoms with van der Waals surface area (Å²) in [6, 6.07) is 4.13. The van der Waals surface area contributed by atoms with E-state index in [4.69, 9.17) is 5.11 Å². The van der Waals surface area contributed by atoms with Gasteiger partial charge in [0.05, 0.1) is 5.69 Å². The Balaban J connectivity index is 2.63. The number of hydrogen-bond donors (Lipinski definition) is 3. The van der Waals surface area contributed by atoms with Crippen molar-refractivity contribution in [1.82, 2.24) is 5.32 Å². The van der Waals surface area contributed by atoms with Gasteiger partial charge in [-0.3, -0.25) is 0 Å². The van der Waals surface area contributed by atoms with E-state index in [1.54, 1.807) is 6.07 Å². The van der Waals surface area contributed by atoms with Crippen molar-refractivity contribution in [3.63, 3.8) is 0 Å². The van der Waals surface area contributed by atoms with Crippen molar-refractivity contribution >= 4 is 33.6 Å². The molecule has 0 fully saturated rings. The lowest BCUT2D eigenvalue weighted by molar-refractivity contribution is -0.139. The summed E-state index contributed by atoms with van der Waals surface area (Å²) in [4.78, 5) is 22.9. The van der Waals surface area contributed by atoms with Crippen LogP contribution in [0.2, 0.25) is 0 Å². The van der Waals surface area contributed by atoms with Crippen molar-refractivity contribution in [2.24, 2.45) is 0 Å². The number of urea groups is 1. The van der Waals surface area contributed by atoms with Gasteiger partial charge in [-0.25, -0.2) is 9.59 Å². The van der Waals surface area contributed by atoms with E-state index in [-0.39, 0.29) is 0 Å². The smallest absolute Gasteiger partial charge is 0.326 e. The van der Waals surface area contributed by atoms with E-state index < -0.39 is 18.0 Å². The molecule has 0 saturated heterocycles. The second-order valence-electron chi connectivity index (χ2n) is 4.61. The number of carboxylic acid groups (broad SMARTS) is 1. The van der Waals surface area contributed by atoms with Gasteiger partial charge in [0.25, 0.3) is 0 Å². The van der Waals surface area contributed by atoms with Gasteiger partial charge < -0.3 is 15.7 Å². The van der Waals surface area contributed by atoms with Crippen LogP contribution in [-0.4, -0.2) is 23.1 Å². The summed E-state index contributed by atoms with van der Waals surface area (Å²) >= 11 is 3.35. The van der Waals surface area contributed by atoms with Gasteiger partial charge >= 0.3 is 12.0 Å². The fourth-order valence-electron chi connectivity index (χ4n) is 1.70. The summed E-state index contributed by atoms with van der Waals surface area (Å²) in [5, 5.41) is 14.2. The Hall–Kier alpha value is -1.56. The molecule has 20 heavy (non-hydrogen) atoms. The predicted octanol–water partition coefficient (Wildman–Crippen LogP) is 3.52. The van der Waals surface area contributed by atoms with E-state index in [1.807, 2.05) is 26.0 Å². The first kappa shape index (κ1) is 16.5. The van der Waals surface area contributed by atoms with Crippen LogP contribution in [0.3, 0.4) is 0 Å². The van der Waals surface area contributed by atoms with Gasteiger partial charge in [-0.05, 0) is 47.0 Å². The Labute approximate surface area is 126 Å². The van der Waals surface area contributed by atoms with Crippen LogP contribution in [0.4, 0.5) is 10.5 Å². The molecule has 5 nitrogen and oxygen atoms in total. The monoisotopic (exact) mass is 342 g/mol. The molecule has 0 radical (unpaired) electrons. The molecule has 0 heterocycles. The molecule has 1 aromatic carbocycles. The van der Waals surface area contributed by atoms with E-state index in [9.17, 15) is 9.59 Å². The fraction of sp³-hybridized carbons (Fsp3) is 0.429. The summed E-state index contributed by atoms with van der Waals surface area (Å²) in [5.74, 6) is -1.02. The van der Waals surface area contributed by atoms with Crippen molar-refractivity contribution in [2.45, 2.75) is 39.2 Å². The van der Waals surface area contributed by atoms with Crippen LogP contribution in [0.15, 0.2) is 22.7 Å². The first-order valence-electron chi connectivity index (χ1n) is 6.50. The van der Waals surface area contributed by atoms with Crippen molar-refractivity contribution in [3.8, 4) is 0 Å². The van der Waals surface area contributed by atoms with Crippen molar-refractivity contribution in [1.29, 1.82) is 0 Å². The molecular formula is C14H19BrN2O3. The van der Waals surface area contributed by atoms with E-state index in [0.29, 0.717) is 12.1 Å². The van der Waals surface area contributed by atoms with Crippen LogP contribution in [-0.2, 0) is 4.79 Å². The molecule has 0 bridgehead atoms. The number of halogens is 1. The van der Waals surface area contributed by atoms with Crippen molar-refractivity contribution in [3.05, 3.63) is 28.2 Å². The number of anilines is 1. The third kappa shape index (κ3) is 5.21. The average molecular weight is 343 g/mol. The van der Waals surface area contributed by atoms with Gasteiger partial charge in [-0.15, -0.1) is 0 Å². The van der Waals surface area contributed by atoms with Crippen LogP contribution in [0.25, 0.3) is 0 Å². The van der Waals surface area contributed by atoms with E-state index in [1.165, 1.54) is 0 Å². The molecular weight excluding hydrogens is 324 g/mol. The normalized spacial score (nSPS) is 11.8. The van der Waals surface area contributed by atoms with Crippen LogP contribution < -0.4 is 10.6 Å². The summed E-state index contributed by atoms with van der Waals surface area (Å²) in [6.45, 7) is 3.92. The summed E-state index contributed by atoms with van der Waals surface area (Å²) in [5.41, 5.74) is 1.67. The Morgan fingerprint density at radius 3 is 2.65 bits per heavy atom. The molecule has 0 spiro atoms. The Bertz CT molecular complexity index is 491. The largest absolute Gasteiger partial charge is 0.480 e. The molecule has 1 rings (SSSR count). The minimum Gasteiger partial charge on any atom is -0.480 e. The third-order valence-corrected chi connectivity index (χ3v) is 3.48. The molecule has 3 N–H and O–H groups in total. The van der Waals surface area contributed by atoms with E-state index in [2.05, 4.69) is 26.6 Å². The zero-order chi connectivity index (χ0) is 15.1. The fourth-order valence-corrected chi connectivity index (χ4v) is 2.30. The number of carbonyl (C=O) groups excluding carboxylic acids is 1. The first-order valence-corrected chi connectivity index (χ1v) is 7.29. The number of carboxylic acids is 1. The predicted molar refractivity (Wildman–Crippen MR) is 82.0 cm³/mol. The zero-order valence-electron chi connectivity index (χ0n) is 11.6. The van der Waals surface area contributed by atoms with Crippen molar-refractivity contribution < 1.29 is 14.7 Å². The Kier molecular flexibility index (Phi) is 6.51. The molecule has 2 amide bonds. The highest BCUT2D eigenvalue weighted by Crippen LogP contribution is 2.23. The van der Waals surface area contributed by atoms with Gasteiger partial charge in [0.1, 0.15) is 6.04 Å². The lowest BCUT2D eigenvalue weighted by Crippen LogP contribution is -2.43. The molecule has 110 valence electrons. The number of amides is 2. The number of benzene rings is 1. The zero-order valence-corrected chi connectivity index (χ0v) is 13.2. The second-order valence-corrected chi connectivity index (χ2v) is 5.47. The lowest BCUT2D eigenvalue weighted by atomic mass is 10.1. The number of aryl methyl sites for hydroxylation is 1. The average Bonchev–Trinajstić information content (AvgIpc) is 2.37. The minimum atomic E-state index is -1.02. The third-order valence-electron chi connectivity index (χ3n) is 2.82. The molecule has 1 unspecified atom stereocenters. The minimum absolute atomic E-state index is 0.425. The molecule has 0 saturated carbocycles. The topological polar surface area (TPSA) is 78.4 Å². The highest BCUT2D eigenvalue weighted by molar-refractivity contribution is 9.10. The standard InChI is InChI=1S/C14H19BrN2O3/c1-3-4-5-12(13(18)19)17-14(20)16-11-7-6-9(2)8-10(11)15/h6-8,12H,3-5H2,1-2H3,(H,18,19)(H2,16,17,20). The SMILES string of the molecule is CCCCC(NC(=O)Nc1ccc(C)cc1Br)C(=O)O. The summed E-state index contributed by atoms with van der Waals surface area (Å²) in [7, 11) is 0.